The van der Waals surface area contributed by atoms with E-state index in [4.69, 9.17) is 9.15 Å². The van der Waals surface area contributed by atoms with Crippen molar-refractivity contribution in [1.29, 1.82) is 0 Å². The molecule has 1 aromatic heterocycles. The number of nitrogens with one attached hydrogen (secondary N) is 1. The number of amides is 1. The van der Waals surface area contributed by atoms with E-state index in [1.807, 2.05) is 42.5 Å². The van der Waals surface area contributed by atoms with Gasteiger partial charge in [0, 0.05) is 11.3 Å². The average Bonchev–Trinajstić information content (AvgIpc) is 3.18. The van der Waals surface area contributed by atoms with E-state index in [-0.39, 0.29) is 12.5 Å². The van der Waals surface area contributed by atoms with Gasteiger partial charge in [0.15, 0.2) is 0 Å². The molecule has 0 spiro atoms. The van der Waals surface area contributed by atoms with Crippen LogP contribution in [0.3, 0.4) is 0 Å². The molecule has 0 saturated heterocycles. The summed E-state index contributed by atoms with van der Waals surface area (Å²) in [5.74, 6) is 1.57. The maximum Gasteiger partial charge on any atom is 0.276 e. The maximum absolute atomic E-state index is 12.1. The number of thioether (sulfide) groups is 1. The molecule has 138 valence electrons. The van der Waals surface area contributed by atoms with Gasteiger partial charge < -0.3 is 14.5 Å². The average molecular weight is 381 g/mol. The third kappa shape index (κ3) is 5.72. The van der Waals surface area contributed by atoms with Crippen molar-refractivity contribution in [2.24, 2.45) is 0 Å². The number of ether oxygens (including phenoxy) is 1. The predicted octanol–water partition coefficient (Wildman–Crippen LogP) is 3.81. The Kier molecular flexibility index (Phi) is 6.65. The Morgan fingerprint density at radius 3 is 2.67 bits per heavy atom. The van der Waals surface area contributed by atoms with Crippen LogP contribution in [0.4, 0.5) is 0 Å². The van der Waals surface area contributed by atoms with E-state index in [2.05, 4.69) is 15.5 Å². The first-order valence-corrected chi connectivity index (χ1v) is 9.32. The van der Waals surface area contributed by atoms with Crippen LogP contribution in [-0.2, 0) is 6.54 Å². The molecular formula is C20H19N3O3S. The Morgan fingerprint density at radius 1 is 1.15 bits per heavy atom. The fourth-order valence-corrected chi connectivity index (χ4v) is 2.82. The van der Waals surface area contributed by atoms with Gasteiger partial charge in [0.2, 0.25) is 5.89 Å². The monoisotopic (exact) mass is 381 g/mol. The minimum atomic E-state index is -0.212. The molecule has 2 aromatic carbocycles. The zero-order valence-corrected chi connectivity index (χ0v) is 15.6. The van der Waals surface area contributed by atoms with Crippen molar-refractivity contribution in [1.82, 2.24) is 15.5 Å². The summed E-state index contributed by atoms with van der Waals surface area (Å²) < 4.78 is 10.6. The molecular weight excluding hydrogens is 362 g/mol. The highest BCUT2D eigenvalue weighted by atomic mass is 32.2. The van der Waals surface area contributed by atoms with Crippen molar-refractivity contribution in [3.63, 3.8) is 0 Å². The zero-order chi connectivity index (χ0) is 18.9. The molecule has 1 N–H and O–H groups in total. The Hall–Kier alpha value is -3.06. The number of benzene rings is 2. The van der Waals surface area contributed by atoms with Crippen LogP contribution in [-0.4, -0.2) is 29.0 Å². The molecule has 27 heavy (non-hydrogen) atoms. The van der Waals surface area contributed by atoms with Crippen LogP contribution < -0.4 is 10.1 Å². The molecule has 1 heterocycles. The van der Waals surface area contributed by atoms with Gasteiger partial charge in [-0.3, -0.25) is 4.79 Å². The number of carbonyl (C=O) groups excluding carboxylic acids is 1. The third-order valence-corrected chi connectivity index (χ3v) is 4.38. The lowest BCUT2D eigenvalue weighted by atomic mass is 10.2. The number of rotatable bonds is 8. The van der Waals surface area contributed by atoms with Crippen LogP contribution in [0.1, 0.15) is 21.8 Å². The first-order valence-electron chi connectivity index (χ1n) is 8.33. The second-order valence-electron chi connectivity index (χ2n) is 5.50. The molecule has 0 aliphatic rings. The fraction of sp³-hybridized carbons (Fsp3) is 0.150. The van der Waals surface area contributed by atoms with Gasteiger partial charge >= 0.3 is 0 Å². The fourth-order valence-electron chi connectivity index (χ4n) is 2.24. The number of carbonyl (C=O) groups is 1. The summed E-state index contributed by atoms with van der Waals surface area (Å²) >= 11 is 1.44. The van der Waals surface area contributed by atoms with Gasteiger partial charge in [-0.15, -0.1) is 10.2 Å². The highest BCUT2D eigenvalue weighted by molar-refractivity contribution is 7.99. The van der Waals surface area contributed by atoms with Crippen LogP contribution in [0.25, 0.3) is 6.08 Å². The third-order valence-electron chi connectivity index (χ3n) is 3.61. The molecule has 0 atom stereocenters. The van der Waals surface area contributed by atoms with Gasteiger partial charge in [-0.2, -0.15) is 0 Å². The Bertz CT molecular complexity index is 892. The molecule has 0 saturated carbocycles. The lowest BCUT2D eigenvalue weighted by molar-refractivity contribution is 0.0946. The summed E-state index contributed by atoms with van der Waals surface area (Å²) in [6.45, 7) is 0.179. The van der Waals surface area contributed by atoms with Crippen molar-refractivity contribution < 1.29 is 13.9 Å². The zero-order valence-electron chi connectivity index (χ0n) is 14.8. The number of hydrogen-bond acceptors (Lipinski definition) is 6. The van der Waals surface area contributed by atoms with Crippen LogP contribution in [0, 0.1) is 0 Å². The molecule has 0 radical (unpaired) electrons. The van der Waals surface area contributed by atoms with Gasteiger partial charge in [-0.1, -0.05) is 54.2 Å². The topological polar surface area (TPSA) is 77.2 Å². The Balaban J connectivity index is 1.44. The van der Waals surface area contributed by atoms with E-state index >= 15 is 0 Å². The minimum absolute atomic E-state index is 0.179. The van der Waals surface area contributed by atoms with E-state index < -0.39 is 0 Å². The normalized spacial score (nSPS) is 10.9. The predicted molar refractivity (Wildman–Crippen MR) is 105 cm³/mol. The smallest absolute Gasteiger partial charge is 0.276 e. The second-order valence-corrected chi connectivity index (χ2v) is 6.47. The summed E-state index contributed by atoms with van der Waals surface area (Å²) in [5.41, 5.74) is 1.68. The minimum Gasteiger partial charge on any atom is -0.497 e. The maximum atomic E-state index is 12.1. The first kappa shape index (κ1) is 18.7. The van der Waals surface area contributed by atoms with Crippen LogP contribution in [0.15, 0.2) is 70.3 Å². The van der Waals surface area contributed by atoms with Crippen LogP contribution in [0.2, 0.25) is 0 Å². The molecule has 0 aliphatic carbocycles. The van der Waals surface area contributed by atoms with Gasteiger partial charge in [0.05, 0.1) is 13.7 Å². The van der Waals surface area contributed by atoms with E-state index in [0.29, 0.717) is 28.2 Å². The van der Waals surface area contributed by atoms with Gasteiger partial charge in [0.1, 0.15) is 5.75 Å². The van der Waals surface area contributed by atoms with E-state index in [9.17, 15) is 4.79 Å². The Morgan fingerprint density at radius 2 is 1.93 bits per heavy atom. The van der Waals surface area contributed by atoms with Crippen molar-refractivity contribution >= 4 is 23.7 Å². The molecule has 0 bridgehead atoms. The molecule has 0 aliphatic heterocycles. The molecule has 1 amide bonds. The van der Waals surface area contributed by atoms with Gasteiger partial charge in [0.25, 0.3) is 11.1 Å². The SMILES string of the molecule is COc1ccc(C(=O)NCc2nnc(SCC=Cc3ccccc3)o2)cc1. The number of hydrogen-bond donors (Lipinski definition) is 1. The van der Waals surface area contributed by atoms with Crippen molar-refractivity contribution in [2.45, 2.75) is 11.8 Å². The van der Waals surface area contributed by atoms with Crippen molar-refractivity contribution in [2.75, 3.05) is 12.9 Å². The van der Waals surface area contributed by atoms with Gasteiger partial charge in [-0.05, 0) is 29.8 Å². The molecule has 6 nitrogen and oxygen atoms in total. The standard InChI is InChI=1S/C20H19N3O3S/c1-25-17-11-9-16(10-12-17)19(24)21-14-18-22-23-20(26-18)27-13-5-8-15-6-3-2-4-7-15/h2-12H,13-14H2,1H3,(H,21,24). The van der Waals surface area contributed by atoms with Crippen molar-refractivity contribution in [3.05, 3.63) is 77.7 Å². The largest absolute Gasteiger partial charge is 0.497 e. The summed E-state index contributed by atoms with van der Waals surface area (Å²) in [7, 11) is 1.58. The highest BCUT2D eigenvalue weighted by Gasteiger charge is 2.09. The molecule has 7 heteroatoms. The summed E-state index contributed by atoms with van der Waals surface area (Å²) in [5, 5.41) is 11.2. The molecule has 0 unspecified atom stereocenters. The highest BCUT2D eigenvalue weighted by Crippen LogP contribution is 2.17. The summed E-state index contributed by atoms with van der Waals surface area (Å²) in [6, 6.07) is 16.9. The van der Waals surface area contributed by atoms with Crippen LogP contribution in [0.5, 0.6) is 5.75 Å². The van der Waals surface area contributed by atoms with E-state index in [0.717, 1.165) is 5.56 Å². The number of aromatic nitrogens is 2. The van der Waals surface area contributed by atoms with Crippen LogP contribution >= 0.6 is 11.8 Å². The summed E-state index contributed by atoms with van der Waals surface area (Å²) in [6.07, 6.45) is 4.08. The Labute approximate surface area is 161 Å². The first-order chi connectivity index (χ1) is 13.2. The second kappa shape index (κ2) is 9.59. The molecule has 0 fully saturated rings. The molecule has 3 aromatic rings. The number of nitrogens with zero attached hydrogens (tertiary/aromatic N) is 2. The number of methoxy groups -OCH3 is 1. The lowest BCUT2D eigenvalue weighted by Crippen LogP contribution is -2.22. The van der Waals surface area contributed by atoms with Gasteiger partial charge in [-0.25, -0.2) is 0 Å². The van der Waals surface area contributed by atoms with E-state index in [1.54, 1.807) is 31.4 Å². The molecule has 3 rings (SSSR count). The summed E-state index contributed by atoms with van der Waals surface area (Å²) in [4.78, 5) is 12.1. The lowest BCUT2D eigenvalue weighted by Gasteiger charge is -2.03. The van der Waals surface area contributed by atoms with Crippen molar-refractivity contribution in [3.8, 4) is 5.75 Å². The quantitative estimate of drug-likeness (QED) is 0.598. The van der Waals surface area contributed by atoms with E-state index in [1.165, 1.54) is 11.8 Å².